The van der Waals surface area contributed by atoms with E-state index in [4.69, 9.17) is 9.47 Å². The maximum absolute atomic E-state index is 12.8. The van der Waals surface area contributed by atoms with Crippen molar-refractivity contribution in [2.24, 2.45) is 0 Å². The van der Waals surface area contributed by atoms with Crippen molar-refractivity contribution >= 4 is 25.5 Å². The van der Waals surface area contributed by atoms with E-state index in [0.29, 0.717) is 28.3 Å². The highest BCUT2D eigenvalue weighted by atomic mass is 32.2. The molecule has 0 spiro atoms. The average molecular weight is 399 g/mol. The minimum absolute atomic E-state index is 0.161. The summed E-state index contributed by atoms with van der Waals surface area (Å²) >= 11 is 0. The van der Waals surface area contributed by atoms with Crippen molar-refractivity contribution in [2.75, 3.05) is 25.2 Å². The lowest BCUT2D eigenvalue weighted by molar-refractivity contribution is 0.353. The Labute approximate surface area is 153 Å². The van der Waals surface area contributed by atoms with Crippen molar-refractivity contribution in [1.29, 1.82) is 0 Å². The zero-order valence-corrected chi connectivity index (χ0v) is 16.6. The molecule has 0 radical (unpaired) electrons. The van der Waals surface area contributed by atoms with Crippen LogP contribution in [0.15, 0.2) is 41.3 Å². The van der Waals surface area contributed by atoms with Gasteiger partial charge in [0.2, 0.25) is 10.0 Å². The van der Waals surface area contributed by atoms with Gasteiger partial charge in [0, 0.05) is 11.8 Å². The summed E-state index contributed by atoms with van der Waals surface area (Å²) in [6.07, 6.45) is 1.05. The van der Waals surface area contributed by atoms with Crippen molar-refractivity contribution in [3.63, 3.8) is 0 Å². The lowest BCUT2D eigenvalue weighted by Gasteiger charge is -2.13. The summed E-state index contributed by atoms with van der Waals surface area (Å²) in [5.41, 5.74) is 1.46. The second-order valence-electron chi connectivity index (χ2n) is 5.80. The van der Waals surface area contributed by atoms with Crippen LogP contribution in [0.25, 0.3) is 0 Å². The average Bonchev–Trinajstić information content (AvgIpc) is 2.54. The van der Waals surface area contributed by atoms with Crippen LogP contribution in [0.2, 0.25) is 0 Å². The van der Waals surface area contributed by atoms with Crippen molar-refractivity contribution < 1.29 is 26.3 Å². The first kappa shape index (κ1) is 20.1. The van der Waals surface area contributed by atoms with Crippen LogP contribution in [0.3, 0.4) is 0 Å². The zero-order valence-electron chi connectivity index (χ0n) is 14.9. The van der Waals surface area contributed by atoms with E-state index in [1.807, 2.05) is 0 Å². The largest absolute Gasteiger partial charge is 0.493 e. The molecular weight excluding hydrogens is 378 g/mol. The van der Waals surface area contributed by atoms with Gasteiger partial charge < -0.3 is 9.47 Å². The first-order valence-electron chi connectivity index (χ1n) is 7.58. The standard InChI is InChI=1S/C17H21NO6S2/c1-12-9-15(23-2)16(24-3)10-17(12)26(21,22)11-13-5-7-14(8-6-13)18-25(4,19)20/h5-10,18H,11H2,1-4H3. The summed E-state index contributed by atoms with van der Waals surface area (Å²) in [7, 11) is -4.08. The third kappa shape index (κ3) is 4.89. The van der Waals surface area contributed by atoms with Gasteiger partial charge in [-0.15, -0.1) is 0 Å². The van der Waals surface area contributed by atoms with E-state index in [2.05, 4.69) is 4.72 Å². The third-order valence-electron chi connectivity index (χ3n) is 3.63. The van der Waals surface area contributed by atoms with Crippen LogP contribution in [0.5, 0.6) is 11.5 Å². The molecule has 0 atom stereocenters. The van der Waals surface area contributed by atoms with Crippen LogP contribution in [0, 0.1) is 6.92 Å². The Hall–Kier alpha value is -2.26. The molecule has 0 aliphatic carbocycles. The van der Waals surface area contributed by atoms with E-state index in [1.165, 1.54) is 32.4 Å². The first-order chi connectivity index (χ1) is 12.1. The molecule has 0 saturated heterocycles. The van der Waals surface area contributed by atoms with Crippen LogP contribution < -0.4 is 14.2 Å². The van der Waals surface area contributed by atoms with Crippen molar-refractivity contribution in [2.45, 2.75) is 17.6 Å². The topological polar surface area (TPSA) is 98.8 Å². The molecule has 0 fully saturated rings. The highest BCUT2D eigenvalue weighted by Gasteiger charge is 2.21. The summed E-state index contributed by atoms with van der Waals surface area (Å²) in [5, 5.41) is 0. The molecule has 0 aliphatic rings. The molecular formula is C17H21NO6S2. The Morgan fingerprint density at radius 2 is 1.46 bits per heavy atom. The van der Waals surface area contributed by atoms with E-state index in [-0.39, 0.29) is 10.6 Å². The van der Waals surface area contributed by atoms with Crippen molar-refractivity contribution in [1.82, 2.24) is 0 Å². The Bertz CT molecular complexity index is 996. The Morgan fingerprint density at radius 1 is 0.923 bits per heavy atom. The van der Waals surface area contributed by atoms with Gasteiger partial charge in [0.15, 0.2) is 21.3 Å². The molecule has 2 aromatic carbocycles. The van der Waals surface area contributed by atoms with Crippen LogP contribution in [-0.2, 0) is 25.6 Å². The molecule has 0 saturated carbocycles. The maximum atomic E-state index is 12.8. The summed E-state index contributed by atoms with van der Waals surface area (Å²) in [6.45, 7) is 1.69. The molecule has 0 aliphatic heterocycles. The number of sulfonamides is 1. The predicted octanol–water partition coefficient (Wildman–Crippen LogP) is 2.36. The predicted molar refractivity (Wildman–Crippen MR) is 100 cm³/mol. The molecule has 0 amide bonds. The van der Waals surface area contributed by atoms with Crippen LogP contribution >= 0.6 is 0 Å². The molecule has 0 heterocycles. The SMILES string of the molecule is COc1cc(C)c(S(=O)(=O)Cc2ccc(NS(C)(=O)=O)cc2)cc1OC. The van der Waals surface area contributed by atoms with Crippen LogP contribution in [0.4, 0.5) is 5.69 Å². The zero-order chi connectivity index (χ0) is 19.5. The minimum Gasteiger partial charge on any atom is -0.493 e. The lowest BCUT2D eigenvalue weighted by Crippen LogP contribution is -2.10. The molecule has 9 heteroatoms. The number of ether oxygens (including phenoxy) is 2. The fourth-order valence-electron chi connectivity index (χ4n) is 2.48. The smallest absolute Gasteiger partial charge is 0.229 e. The van der Waals surface area contributed by atoms with E-state index in [9.17, 15) is 16.8 Å². The van der Waals surface area contributed by atoms with Gasteiger partial charge in [-0.3, -0.25) is 4.72 Å². The Kier molecular flexibility index (Phi) is 5.82. The van der Waals surface area contributed by atoms with Gasteiger partial charge in [0.1, 0.15) is 0 Å². The molecule has 1 N–H and O–H groups in total. The number of benzene rings is 2. The lowest BCUT2D eigenvalue weighted by atomic mass is 10.2. The van der Waals surface area contributed by atoms with Gasteiger partial charge in [0.25, 0.3) is 0 Å². The molecule has 0 unspecified atom stereocenters. The normalized spacial score (nSPS) is 11.8. The Morgan fingerprint density at radius 3 is 1.96 bits per heavy atom. The van der Waals surface area contributed by atoms with E-state index >= 15 is 0 Å². The number of nitrogens with one attached hydrogen (secondary N) is 1. The molecule has 2 rings (SSSR count). The van der Waals surface area contributed by atoms with Gasteiger partial charge in [-0.05, 0) is 36.2 Å². The van der Waals surface area contributed by atoms with Gasteiger partial charge >= 0.3 is 0 Å². The highest BCUT2D eigenvalue weighted by Crippen LogP contribution is 2.33. The quantitative estimate of drug-likeness (QED) is 0.767. The van der Waals surface area contributed by atoms with Gasteiger partial charge in [0.05, 0.1) is 31.1 Å². The third-order valence-corrected chi connectivity index (χ3v) is 6.06. The fraction of sp³-hybridized carbons (Fsp3) is 0.294. The number of hydrogen-bond donors (Lipinski definition) is 1. The molecule has 7 nitrogen and oxygen atoms in total. The van der Waals surface area contributed by atoms with Gasteiger partial charge in [-0.25, -0.2) is 16.8 Å². The van der Waals surface area contributed by atoms with Crippen LogP contribution in [-0.4, -0.2) is 37.3 Å². The number of sulfone groups is 1. The second kappa shape index (κ2) is 7.55. The number of rotatable bonds is 7. The molecule has 0 aromatic heterocycles. The molecule has 142 valence electrons. The summed E-state index contributed by atoms with van der Waals surface area (Å²) < 4.78 is 60.7. The van der Waals surface area contributed by atoms with Gasteiger partial charge in [-0.1, -0.05) is 12.1 Å². The number of aryl methyl sites for hydroxylation is 1. The summed E-state index contributed by atoms with van der Waals surface area (Å²) in [4.78, 5) is 0.161. The van der Waals surface area contributed by atoms with Crippen molar-refractivity contribution in [3.05, 3.63) is 47.5 Å². The number of hydrogen-bond acceptors (Lipinski definition) is 6. The summed E-state index contributed by atoms with van der Waals surface area (Å²) in [5.74, 6) is 0.576. The number of methoxy groups -OCH3 is 2. The van der Waals surface area contributed by atoms with E-state index < -0.39 is 19.9 Å². The van der Waals surface area contributed by atoms with Crippen LogP contribution in [0.1, 0.15) is 11.1 Å². The fourth-order valence-corrected chi connectivity index (χ4v) is 4.66. The van der Waals surface area contributed by atoms with E-state index in [0.717, 1.165) is 6.26 Å². The van der Waals surface area contributed by atoms with Crippen molar-refractivity contribution in [3.8, 4) is 11.5 Å². The second-order valence-corrected chi connectivity index (χ2v) is 9.51. The summed E-state index contributed by atoms with van der Waals surface area (Å²) in [6, 6.07) is 9.25. The first-order valence-corrected chi connectivity index (χ1v) is 11.1. The number of anilines is 1. The minimum atomic E-state index is -3.62. The highest BCUT2D eigenvalue weighted by molar-refractivity contribution is 7.92. The Balaban J connectivity index is 2.31. The monoisotopic (exact) mass is 399 g/mol. The molecule has 26 heavy (non-hydrogen) atoms. The van der Waals surface area contributed by atoms with E-state index in [1.54, 1.807) is 25.1 Å². The maximum Gasteiger partial charge on any atom is 0.229 e. The molecule has 2 aromatic rings. The van der Waals surface area contributed by atoms with Gasteiger partial charge in [-0.2, -0.15) is 0 Å². The molecule has 0 bridgehead atoms.